The van der Waals surface area contributed by atoms with Gasteiger partial charge < -0.3 is 14.0 Å². The SMILES string of the molecule is CCOC(=O)Cn1c(=NC(=O)Cc2ccc(OC)cc2)sc2cc([N+](=O)[O-])ccc21. The Morgan fingerprint density at radius 3 is 2.57 bits per heavy atom. The molecule has 0 aliphatic heterocycles. The highest BCUT2D eigenvalue weighted by Crippen LogP contribution is 2.23. The first-order valence-electron chi connectivity index (χ1n) is 9.05. The summed E-state index contributed by atoms with van der Waals surface area (Å²) in [7, 11) is 1.56. The summed E-state index contributed by atoms with van der Waals surface area (Å²) in [4.78, 5) is 39.6. The monoisotopic (exact) mass is 429 g/mol. The zero-order valence-corrected chi connectivity index (χ0v) is 17.2. The summed E-state index contributed by atoms with van der Waals surface area (Å²) < 4.78 is 12.2. The zero-order chi connectivity index (χ0) is 21.7. The summed E-state index contributed by atoms with van der Waals surface area (Å²) in [5.41, 5.74) is 1.25. The summed E-state index contributed by atoms with van der Waals surface area (Å²) in [6, 6.07) is 11.3. The van der Waals surface area contributed by atoms with Crippen LogP contribution in [-0.2, 0) is 27.3 Å². The van der Waals surface area contributed by atoms with Crippen LogP contribution >= 0.6 is 11.3 Å². The van der Waals surface area contributed by atoms with Crippen molar-refractivity contribution in [1.29, 1.82) is 0 Å². The van der Waals surface area contributed by atoms with Crippen LogP contribution in [0, 0.1) is 10.1 Å². The number of esters is 1. The molecule has 0 spiro atoms. The maximum atomic E-state index is 12.5. The molecule has 0 radical (unpaired) electrons. The van der Waals surface area contributed by atoms with Crippen molar-refractivity contribution in [1.82, 2.24) is 4.57 Å². The third-order valence-electron chi connectivity index (χ3n) is 4.20. The molecule has 0 atom stereocenters. The minimum atomic E-state index is -0.500. The highest BCUT2D eigenvalue weighted by molar-refractivity contribution is 7.16. The first-order valence-corrected chi connectivity index (χ1v) is 9.86. The number of rotatable bonds is 7. The van der Waals surface area contributed by atoms with Crippen LogP contribution in [0.4, 0.5) is 5.69 Å². The normalized spacial score (nSPS) is 11.5. The number of carbonyl (C=O) groups is 2. The summed E-state index contributed by atoms with van der Waals surface area (Å²) >= 11 is 1.10. The number of hydrogen-bond acceptors (Lipinski definition) is 7. The molecule has 0 N–H and O–H groups in total. The van der Waals surface area contributed by atoms with E-state index >= 15 is 0 Å². The van der Waals surface area contributed by atoms with E-state index in [-0.39, 0.29) is 30.1 Å². The third kappa shape index (κ3) is 4.90. The van der Waals surface area contributed by atoms with Gasteiger partial charge in [0.1, 0.15) is 12.3 Å². The molecule has 0 bridgehead atoms. The molecule has 1 heterocycles. The first-order chi connectivity index (χ1) is 14.4. The Morgan fingerprint density at radius 2 is 1.93 bits per heavy atom. The second kappa shape index (κ2) is 9.31. The fourth-order valence-corrected chi connectivity index (χ4v) is 3.89. The molecule has 3 rings (SSSR count). The van der Waals surface area contributed by atoms with Gasteiger partial charge in [0, 0.05) is 12.1 Å². The van der Waals surface area contributed by atoms with Gasteiger partial charge >= 0.3 is 5.97 Å². The fourth-order valence-electron chi connectivity index (χ4n) is 2.81. The Balaban J connectivity index is 1.99. The van der Waals surface area contributed by atoms with Crippen molar-refractivity contribution in [2.24, 2.45) is 4.99 Å². The number of hydrogen-bond donors (Lipinski definition) is 0. The number of carbonyl (C=O) groups excluding carboxylic acids is 2. The third-order valence-corrected chi connectivity index (χ3v) is 5.25. The van der Waals surface area contributed by atoms with E-state index in [0.29, 0.717) is 16.0 Å². The molecule has 0 unspecified atom stereocenters. The summed E-state index contributed by atoms with van der Waals surface area (Å²) in [5, 5.41) is 11.1. The molecule has 3 aromatic rings. The number of ether oxygens (including phenoxy) is 2. The topological polar surface area (TPSA) is 113 Å². The van der Waals surface area contributed by atoms with Gasteiger partial charge in [-0.25, -0.2) is 0 Å². The van der Waals surface area contributed by atoms with Crippen molar-refractivity contribution < 1.29 is 24.0 Å². The number of thiazole rings is 1. The van der Waals surface area contributed by atoms with Crippen molar-refractivity contribution in [3.8, 4) is 5.75 Å². The molecule has 2 aromatic carbocycles. The largest absolute Gasteiger partial charge is 0.497 e. The summed E-state index contributed by atoms with van der Waals surface area (Å²) in [5.74, 6) is -0.208. The van der Waals surface area contributed by atoms with Crippen LogP contribution in [0.1, 0.15) is 12.5 Å². The lowest BCUT2D eigenvalue weighted by molar-refractivity contribution is -0.384. The minimum Gasteiger partial charge on any atom is -0.497 e. The second-order valence-corrected chi connectivity index (χ2v) is 7.22. The maximum absolute atomic E-state index is 12.5. The first kappa shape index (κ1) is 21.2. The minimum absolute atomic E-state index is 0.0673. The van der Waals surface area contributed by atoms with Gasteiger partial charge in [-0.3, -0.25) is 19.7 Å². The number of nitro benzene ring substituents is 1. The van der Waals surface area contributed by atoms with E-state index in [2.05, 4.69) is 4.99 Å². The molecule has 1 aromatic heterocycles. The lowest BCUT2D eigenvalue weighted by Crippen LogP contribution is -2.23. The lowest BCUT2D eigenvalue weighted by Gasteiger charge is -2.05. The molecule has 156 valence electrons. The van der Waals surface area contributed by atoms with Crippen molar-refractivity contribution in [2.75, 3.05) is 13.7 Å². The Hall–Kier alpha value is -3.53. The zero-order valence-electron chi connectivity index (χ0n) is 16.4. The van der Waals surface area contributed by atoms with E-state index in [1.807, 2.05) is 0 Å². The van der Waals surface area contributed by atoms with Crippen LogP contribution in [0.25, 0.3) is 10.2 Å². The highest BCUT2D eigenvalue weighted by Gasteiger charge is 2.15. The van der Waals surface area contributed by atoms with Gasteiger partial charge in [0.05, 0.1) is 35.3 Å². The van der Waals surface area contributed by atoms with Crippen molar-refractivity contribution in [3.63, 3.8) is 0 Å². The van der Waals surface area contributed by atoms with Gasteiger partial charge in [0.25, 0.3) is 11.6 Å². The number of non-ortho nitro benzene ring substituents is 1. The van der Waals surface area contributed by atoms with Crippen molar-refractivity contribution in [2.45, 2.75) is 19.9 Å². The van der Waals surface area contributed by atoms with Crippen molar-refractivity contribution in [3.05, 3.63) is 62.9 Å². The fraction of sp³-hybridized carbons (Fsp3) is 0.250. The molecule has 10 heteroatoms. The molecule has 0 saturated carbocycles. The van der Waals surface area contributed by atoms with Crippen LogP contribution < -0.4 is 9.54 Å². The predicted octanol–water partition coefficient (Wildman–Crippen LogP) is 2.85. The van der Waals surface area contributed by atoms with Crippen LogP contribution in [0.15, 0.2) is 47.5 Å². The molecular formula is C20H19N3O6S. The summed E-state index contributed by atoms with van der Waals surface area (Å²) in [6.45, 7) is 1.76. The molecule has 0 saturated heterocycles. The van der Waals surface area contributed by atoms with E-state index in [1.54, 1.807) is 38.3 Å². The number of nitrogens with zero attached hydrogens (tertiary/aromatic N) is 3. The molecule has 1 amide bonds. The van der Waals surface area contributed by atoms with E-state index < -0.39 is 16.8 Å². The van der Waals surface area contributed by atoms with E-state index in [4.69, 9.17) is 9.47 Å². The molecule has 30 heavy (non-hydrogen) atoms. The predicted molar refractivity (Wildman–Crippen MR) is 110 cm³/mol. The van der Waals surface area contributed by atoms with Gasteiger partial charge in [-0.05, 0) is 30.7 Å². The second-order valence-electron chi connectivity index (χ2n) is 6.22. The number of nitro groups is 1. The summed E-state index contributed by atoms with van der Waals surface area (Å²) in [6.07, 6.45) is 0.0673. The molecule has 9 nitrogen and oxygen atoms in total. The van der Waals surface area contributed by atoms with Gasteiger partial charge in [-0.1, -0.05) is 23.5 Å². The quantitative estimate of drug-likeness (QED) is 0.324. The van der Waals surface area contributed by atoms with Gasteiger partial charge in [0.2, 0.25) is 0 Å². The Labute approximate surface area is 175 Å². The number of aromatic nitrogens is 1. The average molecular weight is 429 g/mol. The van der Waals surface area contributed by atoms with Crippen LogP contribution in [0.3, 0.4) is 0 Å². The molecule has 0 aliphatic rings. The van der Waals surface area contributed by atoms with E-state index in [9.17, 15) is 19.7 Å². The van der Waals surface area contributed by atoms with Gasteiger partial charge in [0.15, 0.2) is 4.80 Å². The lowest BCUT2D eigenvalue weighted by atomic mass is 10.1. The smallest absolute Gasteiger partial charge is 0.326 e. The molecule has 0 aliphatic carbocycles. The Morgan fingerprint density at radius 1 is 1.20 bits per heavy atom. The van der Waals surface area contributed by atoms with Crippen LogP contribution in [-0.4, -0.2) is 35.1 Å². The van der Waals surface area contributed by atoms with Crippen LogP contribution in [0.5, 0.6) is 5.75 Å². The highest BCUT2D eigenvalue weighted by atomic mass is 32.1. The van der Waals surface area contributed by atoms with E-state index in [1.165, 1.54) is 22.8 Å². The average Bonchev–Trinajstić information content (AvgIpc) is 3.04. The van der Waals surface area contributed by atoms with Crippen LogP contribution in [0.2, 0.25) is 0 Å². The Kier molecular flexibility index (Phi) is 6.58. The van der Waals surface area contributed by atoms with E-state index in [0.717, 1.165) is 16.9 Å². The maximum Gasteiger partial charge on any atom is 0.326 e. The standard InChI is InChI=1S/C20H19N3O6S/c1-3-29-19(25)12-22-16-9-6-14(23(26)27)11-17(16)30-20(22)21-18(24)10-13-4-7-15(28-2)8-5-13/h4-9,11H,3,10,12H2,1-2H3. The number of fused-ring (bicyclic) bond motifs is 1. The molecule has 0 fully saturated rings. The van der Waals surface area contributed by atoms with Crippen molar-refractivity contribution >= 4 is 39.1 Å². The van der Waals surface area contributed by atoms with Gasteiger partial charge in [-0.2, -0.15) is 4.99 Å². The molecular weight excluding hydrogens is 410 g/mol. The number of benzene rings is 2. The number of amides is 1. The number of methoxy groups -OCH3 is 1. The Bertz CT molecular complexity index is 1160. The van der Waals surface area contributed by atoms with Gasteiger partial charge in [-0.15, -0.1) is 0 Å².